The number of imidazole rings is 1. The maximum absolute atomic E-state index is 14.2. The fraction of sp³-hybridized carbons (Fsp3) is 0.308. The van der Waals surface area contributed by atoms with Crippen molar-refractivity contribution in [1.29, 1.82) is 0 Å². The summed E-state index contributed by atoms with van der Waals surface area (Å²) in [6.45, 7) is 3.54. The normalized spacial score (nSPS) is 11.2. The first kappa shape index (κ1) is 11.8. The monoisotopic (exact) mass is 236 g/mol. The van der Waals surface area contributed by atoms with Crippen molar-refractivity contribution >= 4 is 0 Å². The summed E-state index contributed by atoms with van der Waals surface area (Å²) in [6, 6.07) is 2.72. The lowest BCUT2D eigenvalue weighted by Crippen LogP contribution is -2.00. The molecule has 2 rings (SSSR count). The van der Waals surface area contributed by atoms with E-state index in [2.05, 4.69) is 4.98 Å². The van der Waals surface area contributed by atoms with E-state index >= 15 is 0 Å². The van der Waals surface area contributed by atoms with Crippen molar-refractivity contribution in [3.63, 3.8) is 0 Å². The predicted molar refractivity (Wildman–Crippen MR) is 62.6 cm³/mol. The molecule has 1 heterocycles. The van der Waals surface area contributed by atoms with Crippen LogP contribution >= 0.6 is 0 Å². The zero-order chi connectivity index (χ0) is 12.6. The Morgan fingerprint density at radius 3 is 2.47 bits per heavy atom. The van der Waals surface area contributed by atoms with Crippen molar-refractivity contribution in [3.05, 3.63) is 41.9 Å². The van der Waals surface area contributed by atoms with E-state index in [1.807, 2.05) is 0 Å². The van der Waals surface area contributed by atoms with Gasteiger partial charge >= 0.3 is 0 Å². The number of aromatic nitrogens is 2. The van der Waals surface area contributed by atoms with Crippen LogP contribution in [0.25, 0.3) is 11.3 Å². The lowest BCUT2D eigenvalue weighted by Gasteiger charge is -2.11. The molecule has 0 amide bonds. The SMILES string of the molecule is CC(C)c1c(F)ccc(-c2cn(C)cn2)c1F. The summed E-state index contributed by atoms with van der Waals surface area (Å²) >= 11 is 0. The smallest absolute Gasteiger partial charge is 0.139 e. The molecule has 0 aliphatic rings. The van der Waals surface area contributed by atoms with Crippen LogP contribution in [0.2, 0.25) is 0 Å². The Kier molecular flexibility index (Phi) is 2.96. The zero-order valence-electron chi connectivity index (χ0n) is 10.0. The number of hydrogen-bond acceptors (Lipinski definition) is 1. The lowest BCUT2D eigenvalue weighted by atomic mass is 9.98. The van der Waals surface area contributed by atoms with Crippen molar-refractivity contribution in [3.8, 4) is 11.3 Å². The van der Waals surface area contributed by atoms with Crippen LogP contribution in [-0.4, -0.2) is 9.55 Å². The van der Waals surface area contributed by atoms with Crippen LogP contribution in [0.5, 0.6) is 0 Å². The largest absolute Gasteiger partial charge is 0.340 e. The van der Waals surface area contributed by atoms with E-state index in [0.29, 0.717) is 11.3 Å². The fourth-order valence-corrected chi connectivity index (χ4v) is 1.85. The summed E-state index contributed by atoms with van der Waals surface area (Å²) in [5.74, 6) is -1.21. The number of halogens is 2. The maximum atomic E-state index is 14.2. The van der Waals surface area contributed by atoms with E-state index in [0.717, 1.165) is 0 Å². The third-order valence-corrected chi connectivity index (χ3v) is 2.68. The number of benzene rings is 1. The van der Waals surface area contributed by atoms with Crippen molar-refractivity contribution < 1.29 is 8.78 Å². The van der Waals surface area contributed by atoms with Crippen molar-refractivity contribution in [2.75, 3.05) is 0 Å². The van der Waals surface area contributed by atoms with Gasteiger partial charge in [0.25, 0.3) is 0 Å². The van der Waals surface area contributed by atoms with Gasteiger partial charge < -0.3 is 4.57 Å². The van der Waals surface area contributed by atoms with Gasteiger partial charge in [0.1, 0.15) is 11.6 Å². The molecule has 2 nitrogen and oxygen atoms in total. The minimum absolute atomic E-state index is 0.119. The summed E-state index contributed by atoms with van der Waals surface area (Å²) in [4.78, 5) is 4.08. The molecule has 0 radical (unpaired) electrons. The number of nitrogens with zero attached hydrogens (tertiary/aromatic N) is 2. The molecule has 0 saturated heterocycles. The molecule has 0 aliphatic carbocycles. The van der Waals surface area contributed by atoms with Gasteiger partial charge in [-0.15, -0.1) is 0 Å². The van der Waals surface area contributed by atoms with Gasteiger partial charge in [-0.1, -0.05) is 13.8 Å². The Hall–Kier alpha value is -1.71. The Morgan fingerprint density at radius 2 is 1.94 bits per heavy atom. The molecule has 0 spiro atoms. The number of aryl methyl sites for hydroxylation is 1. The predicted octanol–water partition coefficient (Wildman–Crippen LogP) is 3.49. The topological polar surface area (TPSA) is 17.8 Å². The number of hydrogen-bond donors (Lipinski definition) is 0. The molecule has 1 aromatic carbocycles. The average molecular weight is 236 g/mol. The van der Waals surface area contributed by atoms with Crippen LogP contribution in [0.1, 0.15) is 25.3 Å². The second kappa shape index (κ2) is 4.28. The van der Waals surface area contributed by atoms with Crippen LogP contribution in [0.3, 0.4) is 0 Å². The van der Waals surface area contributed by atoms with E-state index in [4.69, 9.17) is 0 Å². The van der Waals surface area contributed by atoms with Gasteiger partial charge in [-0.2, -0.15) is 0 Å². The minimum atomic E-state index is -0.515. The molecule has 0 aliphatic heterocycles. The van der Waals surface area contributed by atoms with Crippen molar-refractivity contribution in [1.82, 2.24) is 9.55 Å². The van der Waals surface area contributed by atoms with Gasteiger partial charge in [0.05, 0.1) is 12.0 Å². The highest BCUT2D eigenvalue weighted by Gasteiger charge is 2.18. The average Bonchev–Trinajstić information content (AvgIpc) is 2.64. The summed E-state index contributed by atoms with van der Waals surface area (Å²) in [5, 5.41) is 0. The summed E-state index contributed by atoms with van der Waals surface area (Å²) in [5.41, 5.74) is 0.982. The molecule has 0 saturated carbocycles. The van der Waals surface area contributed by atoms with Crippen molar-refractivity contribution in [2.45, 2.75) is 19.8 Å². The highest BCUT2D eigenvalue weighted by Crippen LogP contribution is 2.29. The van der Waals surface area contributed by atoms with Crippen LogP contribution in [-0.2, 0) is 7.05 Å². The first-order valence-corrected chi connectivity index (χ1v) is 5.47. The van der Waals surface area contributed by atoms with Gasteiger partial charge in [-0.25, -0.2) is 13.8 Å². The van der Waals surface area contributed by atoms with Crippen LogP contribution in [0.15, 0.2) is 24.7 Å². The molecule has 0 N–H and O–H groups in total. The van der Waals surface area contributed by atoms with E-state index in [9.17, 15) is 8.78 Å². The molecule has 1 aromatic heterocycles. The Balaban J connectivity index is 2.60. The maximum Gasteiger partial charge on any atom is 0.139 e. The van der Waals surface area contributed by atoms with Gasteiger partial charge in [0, 0.05) is 24.4 Å². The molecule has 0 bridgehead atoms. The Bertz CT molecular complexity index is 544. The third-order valence-electron chi connectivity index (χ3n) is 2.68. The van der Waals surface area contributed by atoms with Gasteiger partial charge in [-0.05, 0) is 18.1 Å². The molecular formula is C13H14F2N2. The van der Waals surface area contributed by atoms with Gasteiger partial charge in [0.2, 0.25) is 0 Å². The van der Waals surface area contributed by atoms with E-state index in [1.165, 1.54) is 12.1 Å². The first-order valence-electron chi connectivity index (χ1n) is 5.47. The second-order valence-corrected chi connectivity index (χ2v) is 4.40. The quantitative estimate of drug-likeness (QED) is 0.780. The fourth-order valence-electron chi connectivity index (χ4n) is 1.85. The standard InChI is InChI=1S/C13H14F2N2/c1-8(2)12-10(14)5-4-9(13(12)15)11-6-17(3)7-16-11/h4-8H,1-3H3. The summed E-state index contributed by atoms with van der Waals surface area (Å²) in [6.07, 6.45) is 3.30. The van der Waals surface area contributed by atoms with Gasteiger partial charge in [-0.3, -0.25) is 0 Å². The van der Waals surface area contributed by atoms with Crippen LogP contribution < -0.4 is 0 Å². The molecule has 0 atom stereocenters. The highest BCUT2D eigenvalue weighted by atomic mass is 19.1. The van der Waals surface area contributed by atoms with E-state index in [1.54, 1.807) is 38.0 Å². The summed E-state index contributed by atoms with van der Waals surface area (Å²) in [7, 11) is 1.81. The molecule has 2 aromatic rings. The zero-order valence-corrected chi connectivity index (χ0v) is 10.0. The van der Waals surface area contributed by atoms with E-state index < -0.39 is 11.6 Å². The molecule has 4 heteroatoms. The van der Waals surface area contributed by atoms with Crippen LogP contribution in [0, 0.1) is 11.6 Å². The molecular weight excluding hydrogens is 222 g/mol. The van der Waals surface area contributed by atoms with Crippen molar-refractivity contribution in [2.24, 2.45) is 7.05 Å². The molecule has 0 fully saturated rings. The van der Waals surface area contributed by atoms with Crippen LogP contribution in [0.4, 0.5) is 8.78 Å². The molecule has 17 heavy (non-hydrogen) atoms. The molecule has 0 unspecified atom stereocenters. The Morgan fingerprint density at radius 1 is 1.24 bits per heavy atom. The summed E-state index contributed by atoms with van der Waals surface area (Å²) < 4.78 is 29.5. The molecule has 90 valence electrons. The minimum Gasteiger partial charge on any atom is -0.340 e. The Labute approximate surface area is 98.9 Å². The van der Waals surface area contributed by atoms with E-state index in [-0.39, 0.29) is 11.5 Å². The highest BCUT2D eigenvalue weighted by molar-refractivity contribution is 5.60. The first-order chi connectivity index (χ1) is 8.00. The number of rotatable bonds is 2. The lowest BCUT2D eigenvalue weighted by molar-refractivity contribution is 0.543. The van der Waals surface area contributed by atoms with Gasteiger partial charge in [0.15, 0.2) is 0 Å². The second-order valence-electron chi connectivity index (χ2n) is 4.40. The third kappa shape index (κ3) is 2.07.